The van der Waals surface area contributed by atoms with Crippen LogP contribution in [0.15, 0.2) is 0 Å². The quantitative estimate of drug-likeness (QED) is 0.0378. The fraction of sp³-hybridized carbons (Fsp3) is 0.833. The van der Waals surface area contributed by atoms with Crippen molar-refractivity contribution in [2.45, 2.75) is 439 Å². The number of rotatable bonds is 83. The van der Waals surface area contributed by atoms with Crippen LogP contribution in [0.2, 0.25) is 0 Å². The third-order valence-corrected chi connectivity index (χ3v) is 24.5. The highest BCUT2D eigenvalue weighted by molar-refractivity contribution is 6.01. The molecule has 0 rings (SSSR count). The van der Waals surface area contributed by atoms with Crippen LogP contribution in [0.5, 0.6) is 0 Å². The second-order valence-electron chi connectivity index (χ2n) is 42.9. The van der Waals surface area contributed by atoms with Gasteiger partial charge < -0.3 is 142 Å². The summed E-state index contributed by atoms with van der Waals surface area (Å²) >= 11 is 0. The van der Waals surface area contributed by atoms with Crippen molar-refractivity contribution in [2.24, 2.45) is 111 Å². The van der Waals surface area contributed by atoms with E-state index in [1.807, 2.05) is 125 Å². The molecule has 0 saturated carbocycles. The van der Waals surface area contributed by atoms with Gasteiger partial charge in [-0.1, -0.05) is 131 Å². The average molecular weight is 2060 g/mol. The molecule has 0 aliphatic heterocycles. The zero-order valence-electron chi connectivity index (χ0n) is 91.2. The van der Waals surface area contributed by atoms with Crippen molar-refractivity contribution < 1.29 is 81.5 Å². The van der Waals surface area contributed by atoms with E-state index in [2.05, 4.69) is 85.1 Å². The van der Waals surface area contributed by atoms with Gasteiger partial charge in [0.1, 0.15) is 96.7 Å². The number of carbonyl (C=O) groups excluding carboxylic acids is 17. The smallest absolute Gasteiger partial charge is 0.243 e. The summed E-state index contributed by atoms with van der Waals surface area (Å²) < 4.78 is 0. The maximum atomic E-state index is 15.0. The van der Waals surface area contributed by atoms with E-state index in [4.69, 9.17) is 57.3 Å². The fourth-order valence-corrected chi connectivity index (χ4v) is 16.7. The average Bonchev–Trinajstić information content (AvgIpc) is 0.851. The number of nitrogens with two attached hydrogens (primary N) is 10. The third kappa shape index (κ3) is 60.0. The Bertz CT molecular complexity index is 3810. The Morgan fingerprint density at radius 1 is 0.152 bits per heavy atom. The van der Waals surface area contributed by atoms with Gasteiger partial charge >= 0.3 is 0 Å². The lowest BCUT2D eigenvalue weighted by atomic mass is 9.98. The van der Waals surface area contributed by atoms with Gasteiger partial charge in [0.25, 0.3) is 0 Å². The monoisotopic (exact) mass is 2060 g/mol. The van der Waals surface area contributed by atoms with Crippen molar-refractivity contribution in [1.82, 2.24) is 85.1 Å². The van der Waals surface area contributed by atoms with Crippen LogP contribution < -0.4 is 142 Å². The topological polar surface area (TPSA) is 743 Å². The van der Waals surface area contributed by atoms with Crippen LogP contribution >= 0.6 is 0 Å². The van der Waals surface area contributed by atoms with Crippen LogP contribution in [-0.2, 0) is 81.5 Å². The molecule has 0 aromatic carbocycles. The van der Waals surface area contributed by atoms with Crippen molar-refractivity contribution >= 4 is 100 Å². The van der Waals surface area contributed by atoms with Crippen molar-refractivity contribution in [3.8, 4) is 0 Å². The predicted octanol–water partition coefficient (Wildman–Crippen LogP) is 1.00. The molecule has 0 heterocycles. The predicted molar refractivity (Wildman–Crippen MR) is 566 cm³/mol. The summed E-state index contributed by atoms with van der Waals surface area (Å²) in [6.45, 7) is 35.3. The van der Waals surface area contributed by atoms with E-state index in [0.29, 0.717) is 129 Å². The normalized spacial score (nSPS) is 15.2. The number of carbonyl (C=O) groups is 17. The molecular formula is C102H198N26O17. The Morgan fingerprint density at radius 2 is 0.255 bits per heavy atom. The van der Waals surface area contributed by atoms with Crippen molar-refractivity contribution in [3.63, 3.8) is 0 Å². The lowest BCUT2D eigenvalue weighted by molar-refractivity contribution is -0.137. The largest absolute Gasteiger partial charge is 0.368 e. The minimum Gasteiger partial charge on any atom is -0.368 e. The number of primary amides is 1. The van der Waals surface area contributed by atoms with Gasteiger partial charge in [-0.15, -0.1) is 0 Å². The molecular weight excluding hydrogens is 1860 g/mol. The molecule has 0 aromatic rings. The molecule has 145 heavy (non-hydrogen) atoms. The maximum absolute atomic E-state index is 15.0. The molecule has 17 atom stereocenters. The number of hydrogen-bond donors (Lipinski definition) is 26. The van der Waals surface area contributed by atoms with Gasteiger partial charge in [-0.3, -0.25) is 81.5 Å². The molecule has 0 unspecified atom stereocenters. The highest BCUT2D eigenvalue weighted by Gasteiger charge is 2.41. The van der Waals surface area contributed by atoms with Crippen LogP contribution in [-0.4, -0.2) is 255 Å². The molecule has 36 N–H and O–H groups in total. The molecule has 0 spiro atoms. The second kappa shape index (κ2) is 77.1. The van der Waals surface area contributed by atoms with Gasteiger partial charge in [0, 0.05) is 0 Å². The molecule has 0 fully saturated rings. The standard InChI is InChI=1S/C102H198N26O17/c1-60(2)51-77(94(137)113-70(86(112)129)36-20-28-44-104)124-102(145)85(59-68(17)18)128-101(144)84(58-67(15)16)123-93(136)76(42-26-34-50-110)119-97(140)80(54-63(7)8)127-99(142)82(56-65(11)12)121-91(134)74(40-24-32-48-108)116-89(132)72(38-22-30-46-106)117-95(138)78(52-61(3)4)125-100(143)83(57-66(13)14)122-92(135)75(41-25-33-49-109)118-96(139)79(53-62(5)6)126-98(141)81(55-64(9)10)120-90(133)73(39-23-31-47-107)115-88(131)71(37-21-29-45-105)114-87(130)69(111)35-19-27-43-103/h60-85H,19-59,103-111H2,1-18H3,(H2,112,129)(H,113,137)(H,114,130)(H,115,131)(H,116,132)(H,117,138)(H,118,139)(H,119,140)(H,120,133)(H,121,134)(H,122,135)(H,123,136)(H,124,145)(H,125,143)(H,126,141)(H,127,142)(H,128,144)/t69-,70-,71-,72+,73-,74+,75-,76-,77-,78-,79+,80+,81-,82-,83-,84-,85+/m0/s1. The molecule has 43 heteroatoms. The molecule has 0 radical (unpaired) electrons. The van der Waals surface area contributed by atoms with Gasteiger partial charge in [-0.2, -0.15) is 0 Å². The molecule has 0 aliphatic carbocycles. The van der Waals surface area contributed by atoms with Gasteiger partial charge in [-0.05, 0) is 311 Å². The zero-order valence-corrected chi connectivity index (χ0v) is 91.2. The van der Waals surface area contributed by atoms with Crippen molar-refractivity contribution in [2.75, 3.05) is 52.4 Å². The van der Waals surface area contributed by atoms with Crippen molar-refractivity contribution in [3.05, 3.63) is 0 Å². The van der Waals surface area contributed by atoms with Crippen LogP contribution in [0.3, 0.4) is 0 Å². The second-order valence-corrected chi connectivity index (χ2v) is 42.9. The Hall–Kier alpha value is -9.37. The van der Waals surface area contributed by atoms with Crippen LogP contribution in [0.25, 0.3) is 0 Å². The minimum absolute atomic E-state index is 0.00410. The highest BCUT2D eigenvalue weighted by Crippen LogP contribution is 2.21. The van der Waals surface area contributed by atoms with Crippen LogP contribution in [0.4, 0.5) is 0 Å². The van der Waals surface area contributed by atoms with E-state index in [9.17, 15) is 67.1 Å². The molecule has 17 amide bonds. The van der Waals surface area contributed by atoms with E-state index in [-0.39, 0.29) is 189 Å². The summed E-state index contributed by atoms with van der Waals surface area (Å²) in [5.41, 5.74) is 58.8. The van der Waals surface area contributed by atoms with E-state index in [0.717, 1.165) is 0 Å². The highest BCUT2D eigenvalue weighted by atomic mass is 16.2. The van der Waals surface area contributed by atoms with E-state index in [1.165, 1.54) is 0 Å². The summed E-state index contributed by atoms with van der Waals surface area (Å²) in [5, 5.41) is 45.2. The van der Waals surface area contributed by atoms with Gasteiger partial charge in [0.05, 0.1) is 6.04 Å². The van der Waals surface area contributed by atoms with Gasteiger partial charge in [0.2, 0.25) is 100 Å². The first kappa shape index (κ1) is 136. The van der Waals surface area contributed by atoms with Gasteiger partial charge in [-0.25, -0.2) is 0 Å². The Morgan fingerprint density at radius 3 is 0.379 bits per heavy atom. The third-order valence-electron chi connectivity index (χ3n) is 24.5. The summed E-state index contributed by atoms with van der Waals surface area (Å²) in [5.74, 6) is -14.3. The molecule has 0 bridgehead atoms. The lowest BCUT2D eigenvalue weighted by Gasteiger charge is -2.30. The fourth-order valence-electron chi connectivity index (χ4n) is 16.7. The summed E-state index contributed by atoms with van der Waals surface area (Å²) in [6, 6.07) is -21.0. The SMILES string of the molecule is CC(C)C[C@H](NC(=O)[C@H](CCCCN)NC(=O)[C@@H](CC(C)C)NC(=O)[C@H](CC(C)C)NC(=O)[C@H](CCCCN)NC(=O)[C@H](CCCCN)NC(=O)[C@@H](N)CCCCN)C(=O)N[C@@H](CC(C)C)C(=O)N[C@H](CCCCN)C(=O)N[C@H](CCCCN)C(=O)N[C@@H](CC(C)C)C(=O)N[C@H](CC(C)C)C(=O)N[C@@H](CCCCN)C(=O)N[C@@H](CC(C)C)C(=O)N[C@H](CC(C)C)C(=O)N[C@@H](CC(C)C)C(=O)N[C@@H](CCCCN)C(N)=O. The molecule has 0 aromatic heterocycles. The molecule has 0 saturated heterocycles. The summed E-state index contributed by atoms with van der Waals surface area (Å²) in [7, 11) is 0. The van der Waals surface area contributed by atoms with Gasteiger partial charge in [0.15, 0.2) is 0 Å². The summed E-state index contributed by atoms with van der Waals surface area (Å²) in [4.78, 5) is 247. The minimum atomic E-state index is -1.35. The Balaban J connectivity index is 7.55. The Labute approximate surface area is 865 Å². The Kier molecular flexibility index (Phi) is 72.1. The molecule has 0 aliphatic rings. The van der Waals surface area contributed by atoms with E-state index >= 15 is 14.4 Å². The first-order chi connectivity index (χ1) is 68.4. The maximum Gasteiger partial charge on any atom is 0.243 e. The number of amides is 17. The number of unbranched alkanes of at least 4 members (excludes halogenated alkanes) is 8. The van der Waals surface area contributed by atoms with E-state index in [1.54, 1.807) is 0 Å². The van der Waals surface area contributed by atoms with Crippen molar-refractivity contribution in [1.29, 1.82) is 0 Å². The van der Waals surface area contributed by atoms with Crippen LogP contribution in [0.1, 0.15) is 337 Å². The lowest BCUT2D eigenvalue weighted by Crippen LogP contribution is -2.61. The summed E-state index contributed by atoms with van der Waals surface area (Å²) in [6.07, 6.45) is 8.87. The first-order valence-corrected chi connectivity index (χ1v) is 53.9. The molecule has 838 valence electrons. The molecule has 43 nitrogen and oxygen atoms in total. The zero-order chi connectivity index (χ0) is 110. The first-order valence-electron chi connectivity index (χ1n) is 53.9. The van der Waals surface area contributed by atoms with Crippen LogP contribution in [0, 0.1) is 53.3 Å². The number of nitrogens with one attached hydrogen (secondary N) is 16. The van der Waals surface area contributed by atoms with E-state index < -0.39 is 203 Å². The number of hydrogen-bond acceptors (Lipinski definition) is 26.